The van der Waals surface area contributed by atoms with Crippen molar-refractivity contribution in [1.29, 1.82) is 0 Å². The van der Waals surface area contributed by atoms with Crippen LogP contribution in [0.3, 0.4) is 0 Å². The number of hydrogen-bond donors (Lipinski definition) is 0. The highest BCUT2D eigenvalue weighted by Crippen LogP contribution is 2.26. The molecule has 0 aliphatic heterocycles. The molecule has 0 aliphatic rings. The van der Waals surface area contributed by atoms with E-state index < -0.39 is 5.97 Å². The molecule has 1 aromatic carbocycles. The number of benzene rings is 1. The van der Waals surface area contributed by atoms with Crippen molar-refractivity contribution in [2.45, 2.75) is 0 Å². The van der Waals surface area contributed by atoms with Gasteiger partial charge in [0, 0.05) is 11.6 Å². The molecule has 0 fully saturated rings. The van der Waals surface area contributed by atoms with Gasteiger partial charge in [-0.05, 0) is 36.4 Å². The number of carboxylic acid groups (broad SMARTS) is 1. The van der Waals surface area contributed by atoms with Crippen molar-refractivity contribution in [2.75, 3.05) is 14.2 Å². The van der Waals surface area contributed by atoms with E-state index in [0.717, 1.165) is 11.3 Å². The second kappa shape index (κ2) is 6.91. The Morgan fingerprint density at radius 1 is 1.09 bits per heavy atom. The summed E-state index contributed by atoms with van der Waals surface area (Å²) in [4.78, 5) is 23.1. The van der Waals surface area contributed by atoms with Crippen LogP contribution in [-0.2, 0) is 0 Å². The summed E-state index contributed by atoms with van der Waals surface area (Å²) in [5.74, 6) is -0.345. The molecular formula is C16H13O5S-. The van der Waals surface area contributed by atoms with Crippen LogP contribution in [0.15, 0.2) is 36.4 Å². The smallest absolute Gasteiger partial charge is 0.195 e. The minimum Gasteiger partial charge on any atom is -0.544 e. The van der Waals surface area contributed by atoms with E-state index in [2.05, 4.69) is 0 Å². The number of carbonyl (C=O) groups excluding carboxylic acids is 2. The summed E-state index contributed by atoms with van der Waals surface area (Å²) in [6.45, 7) is 0. The van der Waals surface area contributed by atoms with Crippen molar-refractivity contribution < 1.29 is 24.2 Å². The number of allylic oxidation sites excluding steroid dienone is 1. The van der Waals surface area contributed by atoms with Crippen molar-refractivity contribution in [3.05, 3.63) is 51.7 Å². The van der Waals surface area contributed by atoms with Crippen molar-refractivity contribution in [1.82, 2.24) is 0 Å². The van der Waals surface area contributed by atoms with Gasteiger partial charge in [0.2, 0.25) is 0 Å². The predicted molar refractivity (Wildman–Crippen MR) is 81.6 cm³/mol. The van der Waals surface area contributed by atoms with Gasteiger partial charge in [0.05, 0.1) is 29.9 Å². The van der Waals surface area contributed by atoms with Crippen molar-refractivity contribution in [3.8, 4) is 11.5 Å². The first-order valence-electron chi connectivity index (χ1n) is 6.30. The first-order valence-corrected chi connectivity index (χ1v) is 7.12. The quantitative estimate of drug-likeness (QED) is 0.602. The molecule has 0 amide bonds. The maximum absolute atomic E-state index is 12.0. The lowest BCUT2D eigenvalue weighted by Gasteiger charge is -2.07. The maximum Gasteiger partial charge on any atom is 0.195 e. The Kier molecular flexibility index (Phi) is 4.95. The van der Waals surface area contributed by atoms with E-state index in [1.54, 1.807) is 31.4 Å². The zero-order valence-corrected chi connectivity index (χ0v) is 12.8. The summed E-state index contributed by atoms with van der Waals surface area (Å²) in [6, 6.07) is 8.06. The molecular weight excluding hydrogens is 304 g/mol. The fourth-order valence-electron chi connectivity index (χ4n) is 1.78. The fraction of sp³-hybridized carbons (Fsp3) is 0.125. The van der Waals surface area contributed by atoms with Gasteiger partial charge in [-0.2, -0.15) is 0 Å². The lowest BCUT2D eigenvalue weighted by Crippen LogP contribution is -2.20. The van der Waals surface area contributed by atoms with E-state index in [1.807, 2.05) is 0 Å². The second-order valence-electron chi connectivity index (χ2n) is 4.26. The predicted octanol–water partition coefficient (Wildman–Crippen LogP) is 2.02. The number of ketones is 1. The lowest BCUT2D eigenvalue weighted by molar-refractivity contribution is -0.254. The molecule has 114 valence electrons. The highest BCUT2D eigenvalue weighted by Gasteiger charge is 2.08. The summed E-state index contributed by atoms with van der Waals surface area (Å²) >= 11 is 0.886. The van der Waals surface area contributed by atoms with Crippen LogP contribution in [-0.4, -0.2) is 26.0 Å². The summed E-state index contributed by atoms with van der Waals surface area (Å²) < 4.78 is 10.3. The maximum atomic E-state index is 12.0. The van der Waals surface area contributed by atoms with E-state index in [-0.39, 0.29) is 10.7 Å². The molecule has 0 spiro atoms. The first-order chi connectivity index (χ1) is 10.5. The highest BCUT2D eigenvalue weighted by molar-refractivity contribution is 7.16. The summed E-state index contributed by atoms with van der Waals surface area (Å²) in [7, 11) is 3.08. The minimum atomic E-state index is -1.29. The van der Waals surface area contributed by atoms with E-state index in [0.29, 0.717) is 21.9 Å². The molecule has 22 heavy (non-hydrogen) atoms. The number of aromatic carboxylic acids is 1. The van der Waals surface area contributed by atoms with Crippen molar-refractivity contribution in [3.63, 3.8) is 0 Å². The Bertz CT molecular complexity index is 730. The van der Waals surface area contributed by atoms with Crippen LogP contribution in [0.2, 0.25) is 0 Å². The van der Waals surface area contributed by atoms with Crippen molar-refractivity contribution >= 4 is 29.2 Å². The third-order valence-electron chi connectivity index (χ3n) is 2.90. The number of carbonyl (C=O) groups is 2. The van der Waals surface area contributed by atoms with Gasteiger partial charge in [-0.15, -0.1) is 11.3 Å². The molecule has 6 heteroatoms. The standard InChI is InChI=1S/C16H14O5S/c1-20-11-5-3-10(13(9-11)21-2)4-6-12(17)14-7-8-15(22-14)16(18)19/h3-9H,1-2H3,(H,18,19)/p-1/b6-4+. The second-order valence-corrected chi connectivity index (χ2v) is 5.34. The van der Waals surface area contributed by atoms with Crippen LogP contribution in [0.1, 0.15) is 24.9 Å². The molecule has 0 radical (unpaired) electrons. The molecule has 1 heterocycles. The topological polar surface area (TPSA) is 75.7 Å². The Morgan fingerprint density at radius 2 is 1.82 bits per heavy atom. The third-order valence-corrected chi connectivity index (χ3v) is 3.98. The minimum absolute atomic E-state index is 0.0266. The van der Waals surface area contributed by atoms with Gasteiger partial charge in [-0.1, -0.05) is 0 Å². The molecule has 0 unspecified atom stereocenters. The van der Waals surface area contributed by atoms with E-state index >= 15 is 0 Å². The number of ether oxygens (including phenoxy) is 2. The summed E-state index contributed by atoms with van der Waals surface area (Å²) in [5.41, 5.74) is 0.716. The molecule has 2 aromatic rings. The van der Waals surface area contributed by atoms with E-state index in [4.69, 9.17) is 9.47 Å². The Balaban J connectivity index is 2.20. The van der Waals surface area contributed by atoms with Gasteiger partial charge in [0.1, 0.15) is 11.5 Å². The number of methoxy groups -OCH3 is 2. The van der Waals surface area contributed by atoms with Crippen LogP contribution in [0.5, 0.6) is 11.5 Å². The van der Waals surface area contributed by atoms with Gasteiger partial charge >= 0.3 is 0 Å². The molecule has 0 atom stereocenters. The Morgan fingerprint density at radius 3 is 2.41 bits per heavy atom. The zero-order valence-electron chi connectivity index (χ0n) is 12.0. The molecule has 0 aliphatic carbocycles. The molecule has 0 saturated heterocycles. The Hall–Kier alpha value is -2.60. The number of hydrogen-bond acceptors (Lipinski definition) is 6. The molecule has 2 rings (SSSR count). The van der Waals surface area contributed by atoms with Gasteiger partial charge in [0.25, 0.3) is 0 Å². The highest BCUT2D eigenvalue weighted by atomic mass is 32.1. The molecule has 5 nitrogen and oxygen atoms in total. The average molecular weight is 317 g/mol. The summed E-state index contributed by atoms with van der Waals surface area (Å²) in [5, 5.41) is 10.7. The number of rotatable bonds is 6. The molecule has 0 bridgehead atoms. The van der Waals surface area contributed by atoms with Crippen LogP contribution in [0.4, 0.5) is 0 Å². The molecule has 0 N–H and O–H groups in total. The van der Waals surface area contributed by atoms with E-state index in [1.165, 1.54) is 25.3 Å². The largest absolute Gasteiger partial charge is 0.544 e. The number of thiophene rings is 1. The first kappa shape index (κ1) is 15.8. The van der Waals surface area contributed by atoms with Gasteiger partial charge in [0.15, 0.2) is 5.78 Å². The zero-order chi connectivity index (χ0) is 16.1. The van der Waals surface area contributed by atoms with Gasteiger partial charge < -0.3 is 19.4 Å². The monoisotopic (exact) mass is 317 g/mol. The third kappa shape index (κ3) is 3.53. The van der Waals surface area contributed by atoms with Crippen LogP contribution >= 0.6 is 11.3 Å². The lowest BCUT2D eigenvalue weighted by atomic mass is 10.1. The number of carboxylic acids is 1. The van der Waals surface area contributed by atoms with E-state index in [9.17, 15) is 14.7 Å². The van der Waals surface area contributed by atoms with Gasteiger partial charge in [-0.25, -0.2) is 0 Å². The SMILES string of the molecule is COc1ccc(/C=C/C(=O)c2ccc(C(=O)[O-])s2)c(OC)c1. The average Bonchev–Trinajstić information content (AvgIpc) is 3.02. The fourth-order valence-corrected chi connectivity index (χ4v) is 2.54. The van der Waals surface area contributed by atoms with Gasteiger partial charge in [-0.3, -0.25) is 4.79 Å². The molecule has 0 saturated carbocycles. The van der Waals surface area contributed by atoms with Crippen molar-refractivity contribution in [2.24, 2.45) is 0 Å². The van der Waals surface area contributed by atoms with Crippen LogP contribution < -0.4 is 14.6 Å². The molecule has 1 aromatic heterocycles. The Labute approximate surface area is 131 Å². The van der Waals surface area contributed by atoms with Crippen LogP contribution in [0.25, 0.3) is 6.08 Å². The summed E-state index contributed by atoms with van der Waals surface area (Å²) in [6.07, 6.45) is 2.98. The van der Waals surface area contributed by atoms with Crippen LogP contribution in [0, 0.1) is 0 Å². The normalized spacial score (nSPS) is 10.6.